The number of anilines is 1. The van der Waals surface area contributed by atoms with E-state index in [-0.39, 0.29) is 6.61 Å². The second-order valence-corrected chi connectivity index (χ2v) is 3.16. The van der Waals surface area contributed by atoms with Crippen LogP contribution < -0.4 is 10.5 Å². The van der Waals surface area contributed by atoms with Crippen LogP contribution in [0.2, 0.25) is 10.0 Å². The van der Waals surface area contributed by atoms with E-state index >= 15 is 0 Å². The van der Waals surface area contributed by atoms with E-state index < -0.39 is 6.67 Å². The first-order valence-corrected chi connectivity index (χ1v) is 4.34. The molecule has 1 rings (SSSR count). The van der Waals surface area contributed by atoms with Crippen molar-refractivity contribution in [3.63, 3.8) is 0 Å². The summed E-state index contributed by atoms with van der Waals surface area (Å²) >= 11 is 11.4. The molecule has 0 atom stereocenters. The Morgan fingerprint density at radius 2 is 2.00 bits per heavy atom. The molecule has 2 nitrogen and oxygen atoms in total. The molecule has 0 heterocycles. The van der Waals surface area contributed by atoms with Crippen molar-refractivity contribution < 1.29 is 9.13 Å². The fourth-order valence-electron chi connectivity index (χ4n) is 0.804. The van der Waals surface area contributed by atoms with Crippen molar-refractivity contribution in [2.24, 2.45) is 0 Å². The topological polar surface area (TPSA) is 35.2 Å². The highest BCUT2D eigenvalue weighted by atomic mass is 35.5. The molecule has 0 radical (unpaired) electrons. The van der Waals surface area contributed by atoms with Gasteiger partial charge in [0.2, 0.25) is 0 Å². The maximum atomic E-state index is 11.8. The van der Waals surface area contributed by atoms with Crippen LogP contribution in [0.1, 0.15) is 0 Å². The molecule has 0 saturated carbocycles. The third-order valence-electron chi connectivity index (χ3n) is 1.39. The van der Waals surface area contributed by atoms with Gasteiger partial charge in [0.05, 0.1) is 15.7 Å². The standard InChI is InChI=1S/C8H8Cl2FNO/c9-5-3-6(10)8(4-7(5)12)13-2-1-11/h3-4H,1-2,12H2. The van der Waals surface area contributed by atoms with Crippen LogP contribution in [-0.4, -0.2) is 13.3 Å². The lowest BCUT2D eigenvalue weighted by molar-refractivity contribution is 0.273. The van der Waals surface area contributed by atoms with Crippen LogP contribution in [0.5, 0.6) is 5.75 Å². The van der Waals surface area contributed by atoms with E-state index in [1.807, 2.05) is 0 Å². The number of nitrogens with two attached hydrogens (primary N) is 1. The average Bonchev–Trinajstić information content (AvgIpc) is 2.09. The summed E-state index contributed by atoms with van der Waals surface area (Å²) in [5.74, 6) is 0.348. The lowest BCUT2D eigenvalue weighted by Gasteiger charge is -2.07. The highest BCUT2D eigenvalue weighted by molar-refractivity contribution is 6.37. The van der Waals surface area contributed by atoms with Crippen LogP contribution in [0.3, 0.4) is 0 Å². The number of halogens is 3. The van der Waals surface area contributed by atoms with Crippen molar-refractivity contribution in [2.75, 3.05) is 19.0 Å². The van der Waals surface area contributed by atoms with Gasteiger partial charge in [-0.2, -0.15) is 0 Å². The smallest absolute Gasteiger partial charge is 0.140 e. The van der Waals surface area contributed by atoms with E-state index in [1.165, 1.54) is 12.1 Å². The van der Waals surface area contributed by atoms with Gasteiger partial charge < -0.3 is 10.5 Å². The molecule has 0 fully saturated rings. The van der Waals surface area contributed by atoms with E-state index in [1.54, 1.807) is 0 Å². The molecule has 0 bridgehead atoms. The lowest BCUT2D eigenvalue weighted by Crippen LogP contribution is -2.00. The largest absolute Gasteiger partial charge is 0.489 e. The van der Waals surface area contributed by atoms with E-state index in [0.29, 0.717) is 21.5 Å². The fraction of sp³-hybridized carbons (Fsp3) is 0.250. The first-order chi connectivity index (χ1) is 6.15. The number of nitrogen functional groups attached to an aromatic ring is 1. The molecule has 0 aliphatic heterocycles. The number of rotatable bonds is 3. The molecule has 1 aromatic rings. The second-order valence-electron chi connectivity index (χ2n) is 2.34. The molecule has 72 valence electrons. The van der Waals surface area contributed by atoms with Gasteiger partial charge in [0, 0.05) is 6.07 Å². The molecule has 2 N–H and O–H groups in total. The minimum Gasteiger partial charge on any atom is -0.489 e. The Hall–Kier alpha value is -0.670. The molecule has 0 aromatic heterocycles. The van der Waals surface area contributed by atoms with Gasteiger partial charge in [0.1, 0.15) is 19.0 Å². The normalized spacial score (nSPS) is 10.1. The highest BCUT2D eigenvalue weighted by Crippen LogP contribution is 2.32. The first kappa shape index (κ1) is 10.4. The lowest BCUT2D eigenvalue weighted by atomic mass is 10.3. The summed E-state index contributed by atoms with van der Waals surface area (Å²) < 4.78 is 16.7. The van der Waals surface area contributed by atoms with Crippen molar-refractivity contribution in [2.45, 2.75) is 0 Å². The minimum absolute atomic E-state index is 0.0409. The molecule has 0 unspecified atom stereocenters. The van der Waals surface area contributed by atoms with E-state index in [2.05, 4.69) is 0 Å². The van der Waals surface area contributed by atoms with Crippen LogP contribution in [0.4, 0.5) is 10.1 Å². The summed E-state index contributed by atoms with van der Waals surface area (Å²) in [7, 11) is 0. The van der Waals surface area contributed by atoms with E-state index in [9.17, 15) is 4.39 Å². The molecule has 0 amide bonds. The third-order valence-corrected chi connectivity index (χ3v) is 2.01. The summed E-state index contributed by atoms with van der Waals surface area (Å²) in [5, 5.41) is 0.685. The second kappa shape index (κ2) is 4.53. The first-order valence-electron chi connectivity index (χ1n) is 3.58. The zero-order valence-electron chi connectivity index (χ0n) is 6.69. The highest BCUT2D eigenvalue weighted by Gasteiger charge is 2.05. The van der Waals surface area contributed by atoms with E-state index in [4.69, 9.17) is 33.7 Å². The zero-order chi connectivity index (χ0) is 9.84. The molecule has 0 aliphatic carbocycles. The van der Waals surface area contributed by atoms with Crippen LogP contribution >= 0.6 is 23.2 Å². The third kappa shape index (κ3) is 2.64. The van der Waals surface area contributed by atoms with Crippen molar-refractivity contribution in [1.82, 2.24) is 0 Å². The van der Waals surface area contributed by atoms with Crippen molar-refractivity contribution >= 4 is 28.9 Å². The number of benzene rings is 1. The maximum Gasteiger partial charge on any atom is 0.140 e. The number of ether oxygens (including phenoxy) is 1. The summed E-state index contributed by atoms with van der Waals surface area (Å²) in [6.45, 7) is -0.611. The fourth-order valence-corrected chi connectivity index (χ4v) is 1.24. The Balaban J connectivity index is 2.88. The molecule has 13 heavy (non-hydrogen) atoms. The Bertz CT molecular complexity index is 306. The maximum absolute atomic E-state index is 11.8. The molecule has 0 saturated heterocycles. The van der Waals surface area contributed by atoms with Crippen LogP contribution in [-0.2, 0) is 0 Å². The van der Waals surface area contributed by atoms with Crippen LogP contribution in [0.15, 0.2) is 12.1 Å². The van der Waals surface area contributed by atoms with Crippen molar-refractivity contribution in [1.29, 1.82) is 0 Å². The summed E-state index contributed by atoms with van der Waals surface area (Å²) in [5.41, 5.74) is 5.86. The van der Waals surface area contributed by atoms with Crippen LogP contribution in [0, 0.1) is 0 Å². The average molecular weight is 224 g/mol. The Morgan fingerprint density at radius 1 is 1.31 bits per heavy atom. The predicted octanol–water partition coefficient (Wildman–Crippen LogP) is 2.92. The summed E-state index contributed by atoms with van der Waals surface area (Å²) in [4.78, 5) is 0. The molecule has 5 heteroatoms. The van der Waals surface area contributed by atoms with Gasteiger partial charge in [-0.1, -0.05) is 23.2 Å². The van der Waals surface area contributed by atoms with Gasteiger partial charge in [-0.15, -0.1) is 0 Å². The van der Waals surface area contributed by atoms with E-state index in [0.717, 1.165) is 0 Å². The monoisotopic (exact) mass is 223 g/mol. The molecule has 1 aromatic carbocycles. The minimum atomic E-state index is -0.571. The number of alkyl halides is 1. The van der Waals surface area contributed by atoms with Gasteiger partial charge in [-0.05, 0) is 6.07 Å². The SMILES string of the molecule is Nc1cc(OCCF)c(Cl)cc1Cl. The molecular weight excluding hydrogens is 216 g/mol. The number of hydrogen-bond acceptors (Lipinski definition) is 2. The van der Waals surface area contributed by atoms with Crippen molar-refractivity contribution in [3.05, 3.63) is 22.2 Å². The molecular formula is C8H8Cl2FNO. The van der Waals surface area contributed by atoms with Gasteiger partial charge >= 0.3 is 0 Å². The van der Waals surface area contributed by atoms with Gasteiger partial charge in [0.25, 0.3) is 0 Å². The van der Waals surface area contributed by atoms with Gasteiger partial charge in [-0.3, -0.25) is 0 Å². The Labute approximate surface area is 85.4 Å². The molecule has 0 aliphatic rings. The van der Waals surface area contributed by atoms with Crippen LogP contribution in [0.25, 0.3) is 0 Å². The summed E-state index contributed by atoms with van der Waals surface area (Å²) in [6, 6.07) is 2.94. The predicted molar refractivity (Wildman–Crippen MR) is 52.3 cm³/mol. The Kier molecular flexibility index (Phi) is 3.63. The summed E-state index contributed by atoms with van der Waals surface area (Å²) in [6.07, 6.45) is 0. The van der Waals surface area contributed by atoms with Crippen molar-refractivity contribution in [3.8, 4) is 5.75 Å². The quantitative estimate of drug-likeness (QED) is 0.801. The van der Waals surface area contributed by atoms with Gasteiger partial charge in [0.15, 0.2) is 0 Å². The molecule has 0 spiro atoms. The zero-order valence-corrected chi connectivity index (χ0v) is 8.20. The Morgan fingerprint density at radius 3 is 2.62 bits per heavy atom. The van der Waals surface area contributed by atoms with Gasteiger partial charge in [-0.25, -0.2) is 4.39 Å². The number of hydrogen-bond donors (Lipinski definition) is 1.